The molecule has 1 aromatic carbocycles. The molecule has 3 nitrogen and oxygen atoms in total. The lowest BCUT2D eigenvalue weighted by atomic mass is 10.0. The summed E-state index contributed by atoms with van der Waals surface area (Å²) in [6, 6.07) is 9.72. The zero-order chi connectivity index (χ0) is 12.0. The van der Waals surface area contributed by atoms with E-state index in [-0.39, 0.29) is 12.5 Å². The summed E-state index contributed by atoms with van der Waals surface area (Å²) in [7, 11) is 0. The van der Waals surface area contributed by atoms with Gasteiger partial charge in [0, 0.05) is 0 Å². The molecule has 0 spiro atoms. The maximum atomic E-state index is 9.78. The molecule has 0 bridgehead atoms. The Morgan fingerprint density at radius 1 is 1.19 bits per heavy atom. The van der Waals surface area contributed by atoms with Gasteiger partial charge in [0.15, 0.2) is 0 Å². The molecule has 0 radical (unpaired) electrons. The highest BCUT2D eigenvalue weighted by Gasteiger charge is 2.22. The summed E-state index contributed by atoms with van der Waals surface area (Å²) >= 11 is 0. The van der Waals surface area contributed by atoms with Crippen LogP contribution in [0.15, 0.2) is 30.3 Å². The van der Waals surface area contributed by atoms with Crippen molar-refractivity contribution in [3.8, 4) is 0 Å². The van der Waals surface area contributed by atoms with E-state index < -0.39 is 12.2 Å². The fourth-order valence-electron chi connectivity index (χ4n) is 1.47. The third-order valence-corrected chi connectivity index (χ3v) is 2.55. The Morgan fingerprint density at radius 2 is 1.81 bits per heavy atom. The van der Waals surface area contributed by atoms with Crippen molar-refractivity contribution in [3.05, 3.63) is 35.9 Å². The first-order chi connectivity index (χ1) is 7.65. The fraction of sp³-hybridized carbons (Fsp3) is 0.538. The zero-order valence-electron chi connectivity index (χ0n) is 9.84. The first-order valence-electron chi connectivity index (χ1n) is 5.59. The molecule has 0 unspecified atom stereocenters. The number of aliphatic hydroxyl groups is 2. The summed E-state index contributed by atoms with van der Waals surface area (Å²) in [6.45, 7) is 4.06. The topological polar surface area (TPSA) is 49.7 Å². The van der Waals surface area contributed by atoms with Crippen LogP contribution in [0.4, 0.5) is 0 Å². The van der Waals surface area contributed by atoms with Crippen molar-refractivity contribution < 1.29 is 14.9 Å². The van der Waals surface area contributed by atoms with Gasteiger partial charge in [-0.2, -0.15) is 0 Å². The Labute approximate surface area is 96.7 Å². The molecule has 0 amide bonds. The van der Waals surface area contributed by atoms with E-state index in [9.17, 15) is 5.11 Å². The predicted molar refractivity (Wildman–Crippen MR) is 62.9 cm³/mol. The molecule has 0 aromatic heterocycles. The van der Waals surface area contributed by atoms with Gasteiger partial charge < -0.3 is 14.9 Å². The minimum absolute atomic E-state index is 0.0768. The van der Waals surface area contributed by atoms with Crippen LogP contribution in [0.5, 0.6) is 0 Å². The molecule has 90 valence electrons. The van der Waals surface area contributed by atoms with Gasteiger partial charge in [0.05, 0.1) is 19.3 Å². The van der Waals surface area contributed by atoms with Crippen molar-refractivity contribution in [1.29, 1.82) is 0 Å². The van der Waals surface area contributed by atoms with Crippen molar-refractivity contribution >= 4 is 0 Å². The van der Waals surface area contributed by atoms with Crippen molar-refractivity contribution in [2.75, 3.05) is 6.61 Å². The number of rotatable bonds is 6. The molecule has 2 N–H and O–H groups in total. The highest BCUT2D eigenvalue weighted by molar-refractivity contribution is 5.13. The van der Waals surface area contributed by atoms with Gasteiger partial charge in [-0.15, -0.1) is 0 Å². The number of ether oxygens (including phenoxy) is 1. The van der Waals surface area contributed by atoms with Crippen LogP contribution in [0.3, 0.4) is 0 Å². The second-order valence-corrected chi connectivity index (χ2v) is 4.25. The van der Waals surface area contributed by atoms with Gasteiger partial charge in [-0.1, -0.05) is 44.2 Å². The molecule has 0 saturated carbocycles. The summed E-state index contributed by atoms with van der Waals surface area (Å²) < 4.78 is 5.50. The van der Waals surface area contributed by atoms with Crippen LogP contribution in [-0.2, 0) is 11.3 Å². The van der Waals surface area contributed by atoms with Crippen molar-refractivity contribution in [1.82, 2.24) is 0 Å². The first kappa shape index (κ1) is 13.2. The second kappa shape index (κ2) is 6.63. The molecule has 1 rings (SSSR count). The quantitative estimate of drug-likeness (QED) is 0.771. The van der Waals surface area contributed by atoms with Crippen molar-refractivity contribution in [2.24, 2.45) is 5.92 Å². The standard InChI is InChI=1S/C13H20O3/c1-10(2)13(15)12(8-14)16-9-11-6-4-3-5-7-11/h3-7,10,12-15H,8-9H2,1-2H3/t12-,13-/m1/s1. The van der Waals surface area contributed by atoms with E-state index in [0.717, 1.165) is 5.56 Å². The fourth-order valence-corrected chi connectivity index (χ4v) is 1.47. The average molecular weight is 224 g/mol. The average Bonchev–Trinajstić information content (AvgIpc) is 2.30. The third kappa shape index (κ3) is 3.93. The second-order valence-electron chi connectivity index (χ2n) is 4.25. The van der Waals surface area contributed by atoms with Gasteiger partial charge in [-0.25, -0.2) is 0 Å². The van der Waals surface area contributed by atoms with Crippen molar-refractivity contribution in [3.63, 3.8) is 0 Å². The molecule has 0 saturated heterocycles. The number of hydrogen-bond donors (Lipinski definition) is 2. The van der Waals surface area contributed by atoms with E-state index >= 15 is 0 Å². The van der Waals surface area contributed by atoms with Crippen LogP contribution in [0.25, 0.3) is 0 Å². The normalized spacial score (nSPS) is 15.1. The molecule has 0 heterocycles. The summed E-state index contributed by atoms with van der Waals surface area (Å²) in [4.78, 5) is 0. The molecule has 16 heavy (non-hydrogen) atoms. The first-order valence-corrected chi connectivity index (χ1v) is 5.59. The molecule has 0 aliphatic heterocycles. The Morgan fingerprint density at radius 3 is 2.31 bits per heavy atom. The Bertz CT molecular complexity index is 284. The molecule has 0 aliphatic carbocycles. The van der Waals surface area contributed by atoms with Crippen LogP contribution < -0.4 is 0 Å². The highest BCUT2D eigenvalue weighted by Crippen LogP contribution is 2.11. The predicted octanol–water partition coefficient (Wildman–Crippen LogP) is 1.58. The van der Waals surface area contributed by atoms with Crippen LogP contribution in [0, 0.1) is 5.92 Å². The summed E-state index contributed by atoms with van der Waals surface area (Å²) in [5.74, 6) is 0.0768. The van der Waals surface area contributed by atoms with E-state index in [0.29, 0.717) is 6.61 Å². The number of benzene rings is 1. The minimum atomic E-state index is -0.631. The molecule has 3 heteroatoms. The summed E-state index contributed by atoms with van der Waals surface area (Å²) in [5, 5.41) is 18.9. The molecular weight excluding hydrogens is 204 g/mol. The SMILES string of the molecule is CC(C)[C@@H](O)[C@@H](CO)OCc1ccccc1. The van der Waals surface area contributed by atoms with Gasteiger partial charge in [0.1, 0.15) is 6.10 Å². The monoisotopic (exact) mass is 224 g/mol. The lowest BCUT2D eigenvalue weighted by molar-refractivity contribution is -0.0857. The minimum Gasteiger partial charge on any atom is -0.394 e. The third-order valence-electron chi connectivity index (χ3n) is 2.55. The Hall–Kier alpha value is -0.900. The summed E-state index contributed by atoms with van der Waals surface area (Å²) in [6.07, 6.45) is -1.14. The van der Waals surface area contributed by atoms with E-state index in [1.165, 1.54) is 0 Å². The smallest absolute Gasteiger partial charge is 0.107 e. The van der Waals surface area contributed by atoms with Gasteiger partial charge in [0.25, 0.3) is 0 Å². The maximum Gasteiger partial charge on any atom is 0.107 e. The molecule has 0 aliphatic rings. The largest absolute Gasteiger partial charge is 0.394 e. The van der Waals surface area contributed by atoms with Gasteiger partial charge >= 0.3 is 0 Å². The van der Waals surface area contributed by atoms with E-state index in [1.807, 2.05) is 44.2 Å². The van der Waals surface area contributed by atoms with Crippen molar-refractivity contribution in [2.45, 2.75) is 32.7 Å². The Kier molecular flexibility index (Phi) is 5.46. The van der Waals surface area contributed by atoms with Crippen LogP contribution in [-0.4, -0.2) is 29.0 Å². The van der Waals surface area contributed by atoms with E-state index in [4.69, 9.17) is 9.84 Å². The molecule has 0 fully saturated rings. The number of hydrogen-bond acceptors (Lipinski definition) is 3. The van der Waals surface area contributed by atoms with Crippen LogP contribution >= 0.6 is 0 Å². The lowest BCUT2D eigenvalue weighted by Crippen LogP contribution is -2.36. The Balaban J connectivity index is 2.46. The van der Waals surface area contributed by atoms with Gasteiger partial charge in [0.2, 0.25) is 0 Å². The lowest BCUT2D eigenvalue weighted by Gasteiger charge is -2.24. The highest BCUT2D eigenvalue weighted by atomic mass is 16.5. The van der Waals surface area contributed by atoms with Crippen LogP contribution in [0.2, 0.25) is 0 Å². The van der Waals surface area contributed by atoms with Gasteiger partial charge in [-0.3, -0.25) is 0 Å². The molecule has 2 atom stereocenters. The van der Waals surface area contributed by atoms with Gasteiger partial charge in [-0.05, 0) is 11.5 Å². The summed E-state index contributed by atoms with van der Waals surface area (Å²) in [5.41, 5.74) is 1.04. The number of aliphatic hydroxyl groups excluding tert-OH is 2. The van der Waals surface area contributed by atoms with Crippen LogP contribution in [0.1, 0.15) is 19.4 Å². The van der Waals surface area contributed by atoms with E-state index in [1.54, 1.807) is 0 Å². The molecule has 1 aromatic rings. The maximum absolute atomic E-state index is 9.78. The van der Waals surface area contributed by atoms with E-state index in [2.05, 4.69) is 0 Å². The molecular formula is C13H20O3. The zero-order valence-corrected chi connectivity index (χ0v) is 9.84.